The Morgan fingerprint density at radius 3 is 2.12 bits per heavy atom. The number of rotatable bonds is 3. The summed E-state index contributed by atoms with van der Waals surface area (Å²) in [6, 6.07) is 0. The fraction of sp³-hybridized carbons (Fsp3) is 0.636. The van der Waals surface area contributed by atoms with Gasteiger partial charge in [-0.3, -0.25) is 0 Å². The topological polar surface area (TPSA) is 64.6 Å². The highest BCUT2D eigenvalue weighted by molar-refractivity contribution is 14.1. The van der Waals surface area contributed by atoms with Gasteiger partial charge in [-0.15, -0.1) is 0 Å². The van der Waals surface area contributed by atoms with Crippen LogP contribution in [-0.4, -0.2) is 30.3 Å². The lowest BCUT2D eigenvalue weighted by Crippen LogP contribution is -2.52. The first-order valence-electron chi connectivity index (χ1n) is 5.02. The molecule has 0 bridgehead atoms. The second-order valence-corrected chi connectivity index (χ2v) is 5.33. The number of methoxy groups -OCH3 is 1. The van der Waals surface area contributed by atoms with Gasteiger partial charge in [0.25, 0.3) is 0 Å². The van der Waals surface area contributed by atoms with Gasteiger partial charge in [0, 0.05) is 0 Å². The second-order valence-electron chi connectivity index (χ2n) is 4.61. The van der Waals surface area contributed by atoms with Crippen LogP contribution in [0.2, 0.25) is 0 Å². The van der Waals surface area contributed by atoms with E-state index in [1.54, 1.807) is 24.9 Å². The molecule has 0 aromatic heterocycles. The zero-order valence-corrected chi connectivity index (χ0v) is 12.8. The number of carbonyl (C=O) groups is 2. The molecule has 0 aliphatic heterocycles. The van der Waals surface area contributed by atoms with Gasteiger partial charge in [0.05, 0.1) is 7.11 Å². The number of carbonyl (C=O) groups excluding carboxylic acids is 2. The van der Waals surface area contributed by atoms with Crippen molar-refractivity contribution in [3.8, 4) is 0 Å². The number of esters is 1. The van der Waals surface area contributed by atoms with Gasteiger partial charge in [0.2, 0.25) is 0 Å². The third-order valence-electron chi connectivity index (χ3n) is 1.77. The van der Waals surface area contributed by atoms with Gasteiger partial charge in [-0.05, 0) is 37.9 Å². The maximum atomic E-state index is 11.6. The number of hydrogen-bond donors (Lipinski definition) is 1. The van der Waals surface area contributed by atoms with Crippen LogP contribution in [0.4, 0.5) is 4.79 Å². The Balaban J connectivity index is 4.78. The van der Waals surface area contributed by atoms with Crippen LogP contribution < -0.4 is 5.32 Å². The van der Waals surface area contributed by atoms with Crippen molar-refractivity contribution in [1.29, 1.82) is 0 Å². The van der Waals surface area contributed by atoms with Crippen molar-refractivity contribution in [3.63, 3.8) is 0 Å². The first-order valence-corrected chi connectivity index (χ1v) is 6.26. The maximum Gasteiger partial charge on any atom is 0.408 e. The third kappa shape index (κ3) is 5.90. The van der Waals surface area contributed by atoms with Crippen LogP contribution in [0.3, 0.4) is 0 Å². The van der Waals surface area contributed by atoms with E-state index in [9.17, 15) is 9.59 Å². The van der Waals surface area contributed by atoms with Crippen LogP contribution in [0.25, 0.3) is 0 Å². The summed E-state index contributed by atoms with van der Waals surface area (Å²) >= 11 is 1.96. The van der Waals surface area contributed by atoms with Crippen LogP contribution >= 0.6 is 22.6 Å². The molecule has 0 saturated heterocycles. The van der Waals surface area contributed by atoms with Crippen molar-refractivity contribution >= 4 is 34.7 Å². The number of amides is 1. The first kappa shape index (κ1) is 16.2. The van der Waals surface area contributed by atoms with Gasteiger partial charge in [-0.2, -0.15) is 0 Å². The van der Waals surface area contributed by atoms with Gasteiger partial charge in [-0.25, -0.2) is 9.59 Å². The summed E-state index contributed by atoms with van der Waals surface area (Å²) < 4.78 is 11.3. The molecule has 0 radical (unpaired) electrons. The Hall–Kier alpha value is -0.790. The van der Waals surface area contributed by atoms with E-state index < -0.39 is 23.2 Å². The lowest BCUT2D eigenvalue weighted by Gasteiger charge is -2.27. The van der Waals surface area contributed by atoms with Gasteiger partial charge >= 0.3 is 12.1 Å². The zero-order valence-electron chi connectivity index (χ0n) is 10.7. The van der Waals surface area contributed by atoms with Crippen molar-refractivity contribution in [2.45, 2.75) is 38.8 Å². The number of alkyl carbamates (subject to hydrolysis) is 1. The van der Waals surface area contributed by atoms with Crippen LogP contribution in [0, 0.1) is 0 Å². The SMILES string of the molecule is COC(=O)[C@@](C)(/C=C/I)NC(=O)OC(C)(C)C. The molecule has 5 nitrogen and oxygen atoms in total. The maximum absolute atomic E-state index is 11.6. The Morgan fingerprint density at radius 2 is 1.76 bits per heavy atom. The molecule has 0 heterocycles. The van der Waals surface area contributed by atoms with Gasteiger partial charge in [-0.1, -0.05) is 22.6 Å². The molecule has 0 unspecified atom stereocenters. The molecule has 0 spiro atoms. The quantitative estimate of drug-likeness (QED) is 0.624. The Morgan fingerprint density at radius 1 is 1.24 bits per heavy atom. The second kappa shape index (κ2) is 6.23. The zero-order chi connectivity index (χ0) is 13.7. The molecule has 0 fully saturated rings. The van der Waals surface area contributed by atoms with Crippen LogP contribution in [0.15, 0.2) is 10.2 Å². The van der Waals surface area contributed by atoms with Crippen molar-refractivity contribution < 1.29 is 19.1 Å². The number of ether oxygens (including phenoxy) is 2. The van der Waals surface area contributed by atoms with Crippen molar-refractivity contribution in [3.05, 3.63) is 10.2 Å². The van der Waals surface area contributed by atoms with Crippen molar-refractivity contribution in [2.75, 3.05) is 7.11 Å². The lowest BCUT2D eigenvalue weighted by atomic mass is 10.0. The third-order valence-corrected chi connectivity index (χ3v) is 2.13. The van der Waals surface area contributed by atoms with Crippen LogP contribution in [0.1, 0.15) is 27.7 Å². The Kier molecular flexibility index (Phi) is 5.94. The average molecular weight is 355 g/mol. The monoisotopic (exact) mass is 355 g/mol. The molecule has 1 N–H and O–H groups in total. The fourth-order valence-corrected chi connectivity index (χ4v) is 1.73. The highest BCUT2D eigenvalue weighted by Gasteiger charge is 2.34. The van der Waals surface area contributed by atoms with E-state index in [-0.39, 0.29) is 0 Å². The summed E-state index contributed by atoms with van der Waals surface area (Å²) in [5.74, 6) is -0.559. The molecule has 0 rings (SSSR count). The number of nitrogens with one attached hydrogen (secondary N) is 1. The van der Waals surface area contributed by atoms with E-state index in [1.807, 2.05) is 22.6 Å². The van der Waals surface area contributed by atoms with Crippen LogP contribution in [-0.2, 0) is 14.3 Å². The Bertz CT molecular complexity index is 322. The fourth-order valence-electron chi connectivity index (χ4n) is 1.01. The molecule has 17 heavy (non-hydrogen) atoms. The number of halogens is 1. The smallest absolute Gasteiger partial charge is 0.408 e. The molecule has 0 aromatic carbocycles. The standard InChI is InChI=1S/C11H18INO4/c1-10(2,3)17-9(15)13-11(4,6-7-12)8(14)16-5/h6-7H,1-5H3,(H,13,15)/b7-6+/t11-/m1/s1. The summed E-state index contributed by atoms with van der Waals surface area (Å²) in [7, 11) is 1.26. The lowest BCUT2D eigenvalue weighted by molar-refractivity contribution is -0.145. The summed E-state index contributed by atoms with van der Waals surface area (Å²) in [6.45, 7) is 6.78. The molecule has 0 aliphatic rings. The van der Waals surface area contributed by atoms with E-state index in [0.29, 0.717) is 0 Å². The molecule has 1 amide bonds. The molecule has 0 saturated carbocycles. The normalized spacial score (nSPS) is 15.2. The largest absolute Gasteiger partial charge is 0.467 e. The summed E-state index contributed by atoms with van der Waals surface area (Å²) in [5, 5.41) is 2.47. The van der Waals surface area contributed by atoms with E-state index in [2.05, 4.69) is 10.1 Å². The molecular weight excluding hydrogens is 337 g/mol. The van der Waals surface area contributed by atoms with E-state index in [1.165, 1.54) is 20.1 Å². The number of hydrogen-bond acceptors (Lipinski definition) is 4. The highest BCUT2D eigenvalue weighted by Crippen LogP contribution is 2.13. The van der Waals surface area contributed by atoms with Crippen molar-refractivity contribution in [2.24, 2.45) is 0 Å². The molecule has 0 aliphatic carbocycles. The van der Waals surface area contributed by atoms with E-state index in [4.69, 9.17) is 4.74 Å². The van der Waals surface area contributed by atoms with Gasteiger partial charge in [0.15, 0.2) is 5.54 Å². The minimum Gasteiger partial charge on any atom is -0.467 e. The van der Waals surface area contributed by atoms with E-state index in [0.717, 1.165) is 0 Å². The minimum absolute atomic E-state index is 0.559. The van der Waals surface area contributed by atoms with Crippen molar-refractivity contribution in [1.82, 2.24) is 5.32 Å². The molecule has 0 aromatic rings. The summed E-state index contributed by atoms with van der Waals surface area (Å²) in [4.78, 5) is 23.2. The Labute approximate surface area is 115 Å². The predicted molar refractivity (Wildman–Crippen MR) is 73.0 cm³/mol. The summed E-state index contributed by atoms with van der Waals surface area (Å²) in [6.07, 6.45) is 0.864. The molecule has 1 atom stereocenters. The van der Waals surface area contributed by atoms with Gasteiger partial charge in [0.1, 0.15) is 5.60 Å². The summed E-state index contributed by atoms with van der Waals surface area (Å²) in [5.41, 5.74) is -1.84. The molecule has 6 heteroatoms. The van der Waals surface area contributed by atoms with Crippen LogP contribution in [0.5, 0.6) is 0 Å². The van der Waals surface area contributed by atoms with E-state index >= 15 is 0 Å². The van der Waals surface area contributed by atoms with Gasteiger partial charge < -0.3 is 14.8 Å². The molecule has 98 valence electrons. The minimum atomic E-state index is -1.22. The molecular formula is C11H18INO4. The highest BCUT2D eigenvalue weighted by atomic mass is 127. The first-order chi connectivity index (χ1) is 7.64. The predicted octanol–water partition coefficient (Wildman–Crippen LogP) is 2.39. The average Bonchev–Trinajstić information content (AvgIpc) is 2.13.